The van der Waals surface area contributed by atoms with Gasteiger partial charge in [-0.2, -0.15) is 0 Å². The second-order valence-electron chi connectivity index (χ2n) is 5.09. The van der Waals surface area contributed by atoms with E-state index >= 15 is 0 Å². The molecular weight excluding hydrogens is 284 g/mol. The topological polar surface area (TPSA) is 15.6 Å². The van der Waals surface area contributed by atoms with Gasteiger partial charge in [-0.15, -0.1) is 0 Å². The molecule has 92 valence electrons. The summed E-state index contributed by atoms with van der Waals surface area (Å²) in [5.74, 6) is 1.77. The molecule has 0 bridgehead atoms. The van der Waals surface area contributed by atoms with E-state index in [0.717, 1.165) is 23.7 Å². The highest BCUT2D eigenvalue weighted by molar-refractivity contribution is 9.09. The van der Waals surface area contributed by atoms with Crippen LogP contribution in [0, 0.1) is 11.8 Å². The maximum absolute atomic E-state index is 4.66. The fourth-order valence-corrected chi connectivity index (χ4v) is 4.01. The molecule has 1 unspecified atom stereocenters. The summed E-state index contributed by atoms with van der Waals surface area (Å²) in [6, 6.07) is 0. The average molecular weight is 305 g/mol. The summed E-state index contributed by atoms with van der Waals surface area (Å²) < 4.78 is 0. The maximum Gasteiger partial charge on any atom is 0.159 e. The molecule has 1 saturated heterocycles. The second kappa shape index (κ2) is 5.76. The van der Waals surface area contributed by atoms with Gasteiger partial charge in [0.1, 0.15) is 0 Å². The number of hydrogen-bond donors (Lipinski definition) is 0. The van der Waals surface area contributed by atoms with Crippen molar-refractivity contribution in [2.24, 2.45) is 16.8 Å². The Morgan fingerprint density at radius 3 is 2.62 bits per heavy atom. The zero-order chi connectivity index (χ0) is 11.5. The van der Waals surface area contributed by atoms with E-state index < -0.39 is 0 Å². The molecule has 2 nitrogen and oxygen atoms in total. The first-order valence-electron chi connectivity index (χ1n) is 6.22. The molecule has 4 heteroatoms. The van der Waals surface area contributed by atoms with Crippen LogP contribution in [0.15, 0.2) is 4.99 Å². The summed E-state index contributed by atoms with van der Waals surface area (Å²) in [6.45, 7) is 8.12. The van der Waals surface area contributed by atoms with Crippen LogP contribution in [0.5, 0.6) is 0 Å². The van der Waals surface area contributed by atoms with E-state index in [4.69, 9.17) is 0 Å². The van der Waals surface area contributed by atoms with E-state index in [-0.39, 0.29) is 0 Å². The third kappa shape index (κ3) is 2.95. The van der Waals surface area contributed by atoms with Gasteiger partial charge in [-0.05, 0) is 24.7 Å². The van der Waals surface area contributed by atoms with Crippen molar-refractivity contribution < 1.29 is 0 Å². The van der Waals surface area contributed by atoms with Gasteiger partial charge in [0.25, 0.3) is 0 Å². The van der Waals surface area contributed by atoms with E-state index in [9.17, 15) is 0 Å². The molecule has 2 heterocycles. The summed E-state index contributed by atoms with van der Waals surface area (Å²) in [7, 11) is 0. The minimum atomic E-state index is 0.665. The van der Waals surface area contributed by atoms with Crippen molar-refractivity contribution in [3.8, 4) is 0 Å². The van der Waals surface area contributed by atoms with Crippen LogP contribution < -0.4 is 0 Å². The SMILES string of the molecule is CC(C)C1CCN(C2=NCC(CBr)S2)CC1. The molecule has 0 aromatic heterocycles. The van der Waals surface area contributed by atoms with Gasteiger partial charge in [0.2, 0.25) is 0 Å². The predicted molar refractivity (Wildman–Crippen MR) is 76.6 cm³/mol. The van der Waals surface area contributed by atoms with Gasteiger partial charge in [0.15, 0.2) is 5.17 Å². The smallest absolute Gasteiger partial charge is 0.159 e. The standard InChI is InChI=1S/C12H21BrN2S/c1-9(2)10-3-5-15(6-4-10)12-14-8-11(7-13)16-12/h9-11H,3-8H2,1-2H3. The number of piperidine rings is 1. The normalized spacial score (nSPS) is 27.6. The molecule has 0 aliphatic carbocycles. The Hall–Kier alpha value is 0.300. The third-order valence-electron chi connectivity index (χ3n) is 3.63. The van der Waals surface area contributed by atoms with Gasteiger partial charge in [0, 0.05) is 23.7 Å². The lowest BCUT2D eigenvalue weighted by atomic mass is 9.87. The highest BCUT2D eigenvalue weighted by Crippen LogP contribution is 2.30. The monoisotopic (exact) mass is 304 g/mol. The number of halogens is 1. The van der Waals surface area contributed by atoms with Crippen molar-refractivity contribution in [1.82, 2.24) is 4.90 Å². The highest BCUT2D eigenvalue weighted by atomic mass is 79.9. The lowest BCUT2D eigenvalue weighted by Crippen LogP contribution is -2.37. The van der Waals surface area contributed by atoms with Crippen molar-refractivity contribution in [2.45, 2.75) is 31.9 Å². The number of amidine groups is 1. The third-order valence-corrected chi connectivity index (χ3v) is 6.08. The Morgan fingerprint density at radius 1 is 1.44 bits per heavy atom. The molecule has 1 atom stereocenters. The Balaban J connectivity index is 1.81. The van der Waals surface area contributed by atoms with Crippen LogP contribution in [0.2, 0.25) is 0 Å². The minimum absolute atomic E-state index is 0.665. The first-order valence-corrected chi connectivity index (χ1v) is 8.23. The fraction of sp³-hybridized carbons (Fsp3) is 0.917. The van der Waals surface area contributed by atoms with Gasteiger partial charge in [0.05, 0.1) is 6.54 Å². The maximum atomic E-state index is 4.66. The van der Waals surface area contributed by atoms with Crippen LogP contribution in [0.25, 0.3) is 0 Å². The van der Waals surface area contributed by atoms with Crippen molar-refractivity contribution in [1.29, 1.82) is 0 Å². The lowest BCUT2D eigenvalue weighted by molar-refractivity contribution is 0.222. The van der Waals surface area contributed by atoms with E-state index in [1.54, 1.807) is 0 Å². The molecule has 0 aromatic carbocycles. The van der Waals surface area contributed by atoms with Crippen LogP contribution in [-0.2, 0) is 0 Å². The van der Waals surface area contributed by atoms with Gasteiger partial charge < -0.3 is 4.90 Å². The van der Waals surface area contributed by atoms with E-state index in [2.05, 4.69) is 39.7 Å². The highest BCUT2D eigenvalue weighted by Gasteiger charge is 2.27. The number of thioether (sulfide) groups is 1. The van der Waals surface area contributed by atoms with Crippen molar-refractivity contribution in [2.75, 3.05) is 25.0 Å². The quantitative estimate of drug-likeness (QED) is 0.728. The number of rotatable bonds is 2. The number of alkyl halides is 1. The largest absolute Gasteiger partial charge is 0.351 e. The van der Waals surface area contributed by atoms with Crippen LogP contribution in [0.1, 0.15) is 26.7 Å². The van der Waals surface area contributed by atoms with Crippen LogP contribution in [0.3, 0.4) is 0 Å². The van der Waals surface area contributed by atoms with Crippen molar-refractivity contribution in [3.63, 3.8) is 0 Å². The molecule has 0 amide bonds. The van der Waals surface area contributed by atoms with Gasteiger partial charge in [-0.1, -0.05) is 41.5 Å². The van der Waals surface area contributed by atoms with E-state index in [1.165, 1.54) is 31.1 Å². The van der Waals surface area contributed by atoms with Crippen LogP contribution in [-0.4, -0.2) is 40.3 Å². The molecule has 16 heavy (non-hydrogen) atoms. The average Bonchev–Trinajstić information content (AvgIpc) is 2.77. The molecule has 0 saturated carbocycles. The number of likely N-dealkylation sites (tertiary alicyclic amines) is 1. The summed E-state index contributed by atoms with van der Waals surface area (Å²) in [6.07, 6.45) is 2.69. The number of hydrogen-bond acceptors (Lipinski definition) is 3. The molecule has 2 aliphatic heterocycles. The molecular formula is C12H21BrN2S. The first-order chi connectivity index (χ1) is 7.70. The number of aliphatic imine (C=N–C) groups is 1. The van der Waals surface area contributed by atoms with Gasteiger partial charge in [-0.25, -0.2) is 0 Å². The number of nitrogens with zero attached hydrogens (tertiary/aromatic N) is 2. The second-order valence-corrected chi connectivity index (χ2v) is 7.00. The van der Waals surface area contributed by atoms with Gasteiger partial charge in [-0.3, -0.25) is 4.99 Å². The summed E-state index contributed by atoms with van der Waals surface area (Å²) in [5, 5.41) is 3.03. The Bertz CT molecular complexity index is 260. The minimum Gasteiger partial charge on any atom is -0.351 e. The Kier molecular flexibility index (Phi) is 4.59. The molecule has 2 rings (SSSR count). The molecule has 0 N–H and O–H groups in total. The van der Waals surface area contributed by atoms with Gasteiger partial charge >= 0.3 is 0 Å². The molecule has 0 aromatic rings. The van der Waals surface area contributed by atoms with Crippen LogP contribution >= 0.6 is 27.7 Å². The lowest BCUT2D eigenvalue weighted by Gasteiger charge is -2.34. The zero-order valence-electron chi connectivity index (χ0n) is 10.2. The summed E-state index contributed by atoms with van der Waals surface area (Å²) >= 11 is 5.50. The summed E-state index contributed by atoms with van der Waals surface area (Å²) in [5.41, 5.74) is 0. The summed E-state index contributed by atoms with van der Waals surface area (Å²) in [4.78, 5) is 7.15. The van der Waals surface area contributed by atoms with E-state index in [1.807, 2.05) is 11.8 Å². The van der Waals surface area contributed by atoms with Crippen molar-refractivity contribution in [3.05, 3.63) is 0 Å². The molecule has 0 spiro atoms. The molecule has 0 radical (unpaired) electrons. The fourth-order valence-electron chi connectivity index (χ4n) is 2.42. The van der Waals surface area contributed by atoms with Crippen molar-refractivity contribution >= 4 is 32.9 Å². The molecule has 2 aliphatic rings. The Labute approximate surface area is 111 Å². The first kappa shape index (κ1) is 12.7. The predicted octanol–water partition coefficient (Wildman–Crippen LogP) is 3.22. The van der Waals surface area contributed by atoms with Crippen LogP contribution in [0.4, 0.5) is 0 Å². The Morgan fingerprint density at radius 2 is 2.12 bits per heavy atom. The molecule has 1 fully saturated rings. The van der Waals surface area contributed by atoms with E-state index in [0.29, 0.717) is 5.25 Å². The zero-order valence-corrected chi connectivity index (χ0v) is 12.6.